The first-order valence-electron chi connectivity index (χ1n) is 12.2. The second kappa shape index (κ2) is 11.1. The summed E-state index contributed by atoms with van der Waals surface area (Å²) in [4.78, 5) is 25.5. The lowest BCUT2D eigenvalue weighted by Crippen LogP contribution is -2.57. The fraction of sp³-hybridized carbons (Fsp3) is 0.481. The van der Waals surface area contributed by atoms with Crippen LogP contribution < -0.4 is 10.6 Å². The molecule has 0 radical (unpaired) electrons. The molecule has 0 unspecified atom stereocenters. The van der Waals surface area contributed by atoms with E-state index in [2.05, 4.69) is 10.6 Å². The molecule has 2 aromatic carbocycles. The van der Waals surface area contributed by atoms with Crippen LogP contribution in [0, 0.1) is 0 Å². The van der Waals surface area contributed by atoms with Gasteiger partial charge in [0, 0.05) is 6.54 Å². The summed E-state index contributed by atoms with van der Waals surface area (Å²) in [6, 6.07) is 4.94. The fourth-order valence-corrected chi connectivity index (χ4v) is 4.46. The molecule has 1 aliphatic carbocycles. The minimum atomic E-state index is -4.84. The van der Waals surface area contributed by atoms with Gasteiger partial charge in [0.15, 0.2) is 0 Å². The van der Waals surface area contributed by atoms with Crippen LogP contribution in [0.4, 0.5) is 35.5 Å². The molecule has 0 spiro atoms. The minimum absolute atomic E-state index is 0.0437. The highest BCUT2D eigenvalue weighted by atomic mass is 19.4. The zero-order valence-electron chi connectivity index (χ0n) is 21.6. The number of halogens is 7. The average molecular weight is 563 g/mol. The molecule has 0 bridgehead atoms. The Balaban J connectivity index is 1.92. The highest BCUT2D eigenvalue weighted by Crippen LogP contribution is 2.37. The number of ether oxygens (including phenoxy) is 1. The Morgan fingerprint density at radius 1 is 0.821 bits per heavy atom. The highest BCUT2D eigenvalue weighted by molar-refractivity contribution is 5.90. The van der Waals surface area contributed by atoms with Gasteiger partial charge in [-0.15, -0.1) is 0 Å². The fourth-order valence-electron chi connectivity index (χ4n) is 4.46. The van der Waals surface area contributed by atoms with E-state index in [0.717, 1.165) is 12.1 Å². The van der Waals surface area contributed by atoms with Gasteiger partial charge in [-0.2, -0.15) is 26.3 Å². The molecule has 0 aliphatic heterocycles. The Labute approximate surface area is 221 Å². The zero-order chi connectivity index (χ0) is 29.2. The van der Waals surface area contributed by atoms with Crippen molar-refractivity contribution in [1.82, 2.24) is 10.6 Å². The molecule has 12 heteroatoms. The molecule has 5 nitrogen and oxygen atoms in total. The lowest BCUT2D eigenvalue weighted by molar-refractivity contribution is -0.138. The smallest absolute Gasteiger partial charge is 0.416 e. The number of hydrogen-bond acceptors (Lipinski definition) is 3. The van der Waals surface area contributed by atoms with Crippen LogP contribution in [-0.2, 0) is 35.1 Å². The summed E-state index contributed by atoms with van der Waals surface area (Å²) in [5, 5.41) is 5.14. The van der Waals surface area contributed by atoms with Gasteiger partial charge in [0.1, 0.15) is 17.8 Å². The van der Waals surface area contributed by atoms with Gasteiger partial charge in [-0.3, -0.25) is 4.79 Å². The standard InChI is InChI=1S/C27H29F7N2O3/c1-24(2,3)39-23(38)36-25(6-4-5-7-25)22(37)35-15-17-9-19(13-21(11-17)27(32,33)34)18-8-16(14-28)10-20(12-18)26(29,30)31/h8-13H,4-7,14-15H2,1-3H3,(H,35,37)(H,36,38). The van der Waals surface area contributed by atoms with Crippen LogP contribution in [0.1, 0.15) is 68.7 Å². The van der Waals surface area contributed by atoms with E-state index in [1.54, 1.807) is 20.8 Å². The van der Waals surface area contributed by atoms with Crippen LogP contribution in [0.15, 0.2) is 36.4 Å². The van der Waals surface area contributed by atoms with Crippen molar-refractivity contribution < 1.29 is 45.1 Å². The molecule has 39 heavy (non-hydrogen) atoms. The Kier molecular flexibility index (Phi) is 8.57. The summed E-state index contributed by atoms with van der Waals surface area (Å²) in [7, 11) is 0. The van der Waals surface area contributed by atoms with Crippen molar-refractivity contribution in [2.75, 3.05) is 0 Å². The molecule has 1 saturated carbocycles. The molecule has 2 aromatic rings. The van der Waals surface area contributed by atoms with E-state index in [4.69, 9.17) is 4.74 Å². The summed E-state index contributed by atoms with van der Waals surface area (Å²) < 4.78 is 99.5. The van der Waals surface area contributed by atoms with Crippen LogP contribution in [-0.4, -0.2) is 23.1 Å². The number of benzene rings is 2. The maximum Gasteiger partial charge on any atom is 0.416 e. The number of alkyl halides is 7. The Morgan fingerprint density at radius 2 is 1.31 bits per heavy atom. The van der Waals surface area contributed by atoms with Crippen LogP contribution in [0.5, 0.6) is 0 Å². The molecule has 1 fully saturated rings. The van der Waals surface area contributed by atoms with Crippen molar-refractivity contribution in [2.24, 2.45) is 0 Å². The quantitative estimate of drug-likeness (QED) is 0.363. The third-order valence-corrected chi connectivity index (χ3v) is 6.21. The normalized spacial score (nSPS) is 15.6. The maximum absolute atomic E-state index is 13.7. The monoisotopic (exact) mass is 562 g/mol. The van der Waals surface area contributed by atoms with E-state index >= 15 is 0 Å². The first-order valence-corrected chi connectivity index (χ1v) is 12.2. The molecule has 1 aliphatic rings. The first kappa shape index (κ1) is 30.2. The molecular formula is C27H29F7N2O3. The summed E-state index contributed by atoms with van der Waals surface area (Å²) >= 11 is 0. The Bertz CT molecular complexity index is 1210. The van der Waals surface area contributed by atoms with Crippen molar-refractivity contribution in [3.8, 4) is 11.1 Å². The van der Waals surface area contributed by atoms with Crippen molar-refractivity contribution in [2.45, 2.75) is 83.2 Å². The van der Waals surface area contributed by atoms with Crippen molar-refractivity contribution in [3.05, 3.63) is 58.7 Å². The van der Waals surface area contributed by atoms with E-state index in [0.29, 0.717) is 43.9 Å². The van der Waals surface area contributed by atoms with Gasteiger partial charge in [0.2, 0.25) is 5.91 Å². The third kappa shape index (κ3) is 7.86. The van der Waals surface area contributed by atoms with Gasteiger partial charge >= 0.3 is 18.4 Å². The molecule has 214 valence electrons. The van der Waals surface area contributed by atoms with E-state index in [1.165, 1.54) is 6.07 Å². The van der Waals surface area contributed by atoms with Gasteiger partial charge in [-0.05, 0) is 92.3 Å². The van der Waals surface area contributed by atoms with Crippen LogP contribution >= 0.6 is 0 Å². The molecule has 3 rings (SSSR count). The summed E-state index contributed by atoms with van der Waals surface area (Å²) in [5.74, 6) is -0.622. The number of carbonyl (C=O) groups is 2. The van der Waals surface area contributed by atoms with E-state index in [1.807, 2.05) is 0 Å². The molecular weight excluding hydrogens is 533 g/mol. The minimum Gasteiger partial charge on any atom is -0.444 e. The number of rotatable bonds is 6. The van der Waals surface area contributed by atoms with Crippen molar-refractivity contribution in [3.63, 3.8) is 0 Å². The van der Waals surface area contributed by atoms with Gasteiger partial charge in [0.05, 0.1) is 11.1 Å². The van der Waals surface area contributed by atoms with Crippen LogP contribution in [0.2, 0.25) is 0 Å². The third-order valence-electron chi connectivity index (χ3n) is 6.21. The molecule has 2 amide bonds. The summed E-state index contributed by atoms with van der Waals surface area (Å²) in [6.07, 6.45) is -8.65. The Morgan fingerprint density at radius 3 is 1.77 bits per heavy atom. The van der Waals surface area contributed by atoms with E-state index in [9.17, 15) is 40.3 Å². The number of amides is 2. The first-order chi connectivity index (χ1) is 17.9. The predicted octanol–water partition coefficient (Wildman–Crippen LogP) is 7.31. The topological polar surface area (TPSA) is 67.4 Å². The predicted molar refractivity (Wildman–Crippen MR) is 129 cm³/mol. The zero-order valence-corrected chi connectivity index (χ0v) is 21.6. The van der Waals surface area contributed by atoms with Gasteiger partial charge in [-0.25, -0.2) is 9.18 Å². The second-order valence-corrected chi connectivity index (χ2v) is 10.6. The van der Waals surface area contributed by atoms with E-state index in [-0.39, 0.29) is 22.3 Å². The second-order valence-electron chi connectivity index (χ2n) is 10.6. The molecule has 0 saturated heterocycles. The van der Waals surface area contributed by atoms with Crippen LogP contribution in [0.25, 0.3) is 11.1 Å². The molecule has 0 heterocycles. The van der Waals surface area contributed by atoms with Crippen molar-refractivity contribution in [1.29, 1.82) is 0 Å². The number of carbonyl (C=O) groups excluding carboxylic acids is 2. The lowest BCUT2D eigenvalue weighted by atomic mass is 9.95. The lowest BCUT2D eigenvalue weighted by Gasteiger charge is -2.30. The van der Waals surface area contributed by atoms with Gasteiger partial charge < -0.3 is 15.4 Å². The SMILES string of the molecule is CC(C)(C)OC(=O)NC1(C(=O)NCc2cc(-c3cc(CF)cc(C(F)(F)F)c3)cc(C(F)(F)F)c2)CCCC1. The highest BCUT2D eigenvalue weighted by Gasteiger charge is 2.43. The maximum atomic E-state index is 13.7. The van der Waals surface area contributed by atoms with E-state index < -0.39 is 59.8 Å². The average Bonchev–Trinajstić information content (AvgIpc) is 3.29. The Hall–Kier alpha value is -3.31. The largest absolute Gasteiger partial charge is 0.444 e. The number of nitrogens with one attached hydrogen (secondary N) is 2. The van der Waals surface area contributed by atoms with Gasteiger partial charge in [-0.1, -0.05) is 12.8 Å². The summed E-state index contributed by atoms with van der Waals surface area (Å²) in [5.41, 5.74) is -5.35. The molecule has 2 N–H and O–H groups in total. The summed E-state index contributed by atoms with van der Waals surface area (Å²) in [6.45, 7) is 3.31. The van der Waals surface area contributed by atoms with Crippen molar-refractivity contribution >= 4 is 12.0 Å². The molecule has 0 aromatic heterocycles. The van der Waals surface area contributed by atoms with Crippen LogP contribution in [0.3, 0.4) is 0 Å². The molecule has 0 atom stereocenters. The number of alkyl carbamates (subject to hydrolysis) is 1. The van der Waals surface area contributed by atoms with Gasteiger partial charge in [0.25, 0.3) is 0 Å². The number of hydrogen-bond donors (Lipinski definition) is 2.